The maximum absolute atomic E-state index is 14.1. The zero-order chi connectivity index (χ0) is 52.6. The molecule has 3 N–H and O–H groups in total. The third-order valence-corrected chi connectivity index (χ3v) is 16.3. The van der Waals surface area contributed by atoms with Crippen molar-refractivity contribution in [3.8, 4) is 0 Å². The number of unbranched alkanes of at least 4 members (excludes halogenated alkanes) is 9. The van der Waals surface area contributed by atoms with Crippen molar-refractivity contribution in [3.63, 3.8) is 0 Å². The molecule has 0 aliphatic heterocycles. The Balaban J connectivity index is 0.928. The van der Waals surface area contributed by atoms with Gasteiger partial charge in [-0.1, -0.05) is 139 Å². The number of amides is 7. The van der Waals surface area contributed by atoms with Crippen molar-refractivity contribution in [2.45, 2.75) is 288 Å². The number of oxime groups is 2. The molecule has 0 aromatic heterocycles. The van der Waals surface area contributed by atoms with E-state index < -0.39 is 12.1 Å². The van der Waals surface area contributed by atoms with Crippen LogP contribution in [0.4, 0.5) is 19.2 Å². The first-order chi connectivity index (χ1) is 36.9. The van der Waals surface area contributed by atoms with Crippen molar-refractivity contribution in [2.75, 3.05) is 32.8 Å². The molecule has 6 aliphatic carbocycles. The van der Waals surface area contributed by atoms with Crippen LogP contribution in [-0.4, -0.2) is 119 Å². The fourth-order valence-corrected chi connectivity index (χ4v) is 11.7. The number of aliphatic imine (C=N–C) groups is 2. The Labute approximate surface area is 451 Å². The Morgan fingerprint density at radius 3 is 1.27 bits per heavy atom. The average molecular weight is 1050 g/mol. The molecule has 7 amide bonds. The molecule has 0 radical (unpaired) electrons. The van der Waals surface area contributed by atoms with Gasteiger partial charge >= 0.3 is 36.2 Å². The molecule has 6 saturated carbocycles. The van der Waals surface area contributed by atoms with Crippen molar-refractivity contribution in [1.82, 2.24) is 30.7 Å². The van der Waals surface area contributed by atoms with Crippen LogP contribution in [0.5, 0.6) is 0 Å². The van der Waals surface area contributed by atoms with Gasteiger partial charge in [0.15, 0.2) is 0 Å². The van der Waals surface area contributed by atoms with Gasteiger partial charge in [0.05, 0.1) is 30.1 Å². The van der Waals surface area contributed by atoms with Crippen LogP contribution in [0.2, 0.25) is 0 Å². The van der Waals surface area contributed by atoms with Crippen LogP contribution in [0.3, 0.4) is 0 Å². The van der Waals surface area contributed by atoms with E-state index in [2.05, 4.69) is 33.2 Å². The van der Waals surface area contributed by atoms with Gasteiger partial charge in [0.2, 0.25) is 0 Å². The highest BCUT2D eigenvalue weighted by Gasteiger charge is 2.34. The molecule has 0 bridgehead atoms. The van der Waals surface area contributed by atoms with E-state index in [0.717, 1.165) is 236 Å². The van der Waals surface area contributed by atoms with E-state index in [4.69, 9.17) is 24.4 Å². The van der Waals surface area contributed by atoms with Crippen molar-refractivity contribution in [3.05, 3.63) is 0 Å². The second-order valence-corrected chi connectivity index (χ2v) is 22.5. The van der Waals surface area contributed by atoms with Gasteiger partial charge in [0, 0.05) is 38.3 Å². The fourth-order valence-electron chi connectivity index (χ4n) is 11.7. The number of carbonyl (C=O) groups excluding carboxylic acids is 4. The Morgan fingerprint density at radius 2 is 0.840 bits per heavy atom. The summed E-state index contributed by atoms with van der Waals surface area (Å²) < 4.78 is 5.60. The lowest BCUT2D eigenvalue weighted by Gasteiger charge is -2.34. The maximum Gasteiger partial charge on any atom is 0.417 e. The van der Waals surface area contributed by atoms with E-state index in [-0.39, 0.29) is 49.4 Å². The highest BCUT2D eigenvalue weighted by molar-refractivity contribution is 5.96. The van der Waals surface area contributed by atoms with E-state index in [9.17, 15) is 19.2 Å². The first kappa shape index (κ1) is 59.8. The predicted molar refractivity (Wildman–Crippen MR) is 299 cm³/mol. The molecule has 75 heavy (non-hydrogen) atoms. The van der Waals surface area contributed by atoms with E-state index in [1.807, 2.05) is 0 Å². The summed E-state index contributed by atoms with van der Waals surface area (Å²) >= 11 is 0. The number of imide groups is 1. The van der Waals surface area contributed by atoms with Gasteiger partial charge in [-0.05, 0) is 135 Å². The van der Waals surface area contributed by atoms with Crippen molar-refractivity contribution >= 4 is 47.7 Å². The largest absolute Gasteiger partial charge is 0.449 e. The number of carbonyl (C=O) groups is 4. The minimum atomic E-state index is -0.605. The topological polar surface area (TPSA) is 191 Å². The first-order valence-corrected chi connectivity index (χ1v) is 30.9. The molecule has 0 spiro atoms. The van der Waals surface area contributed by atoms with E-state index in [1.165, 1.54) is 30.6 Å². The molecule has 17 heteroatoms. The van der Waals surface area contributed by atoms with Crippen molar-refractivity contribution in [2.24, 2.45) is 20.3 Å². The maximum atomic E-state index is 14.1. The summed E-state index contributed by atoms with van der Waals surface area (Å²) in [5, 5.41) is 18.4. The van der Waals surface area contributed by atoms with E-state index in [1.54, 1.807) is 9.80 Å². The Bertz CT molecular complexity index is 1790. The molecular formula is C58H100N10O7. The number of rotatable bonds is 25. The lowest BCUT2D eigenvalue weighted by Crippen LogP contribution is -2.51. The van der Waals surface area contributed by atoms with Crippen molar-refractivity contribution < 1.29 is 33.6 Å². The molecule has 0 aromatic carbocycles. The summed E-state index contributed by atoms with van der Waals surface area (Å²) in [6.45, 7) is 4.16. The number of hydrogen-bond donors (Lipinski definition) is 3. The normalized spacial score (nSPS) is 19.6. The summed E-state index contributed by atoms with van der Waals surface area (Å²) in [5.41, 5.74) is 2.11. The molecule has 17 nitrogen and oxygen atoms in total. The summed E-state index contributed by atoms with van der Waals surface area (Å²) in [6, 6.07) is 0.341. The highest BCUT2D eigenvalue weighted by Crippen LogP contribution is 2.29. The zero-order valence-electron chi connectivity index (χ0n) is 46.6. The molecule has 6 fully saturated rings. The van der Waals surface area contributed by atoms with Gasteiger partial charge in [-0.25, -0.2) is 43.9 Å². The Kier molecular flexibility index (Phi) is 28.5. The average Bonchev–Trinajstić information content (AvgIpc) is 4.18. The quantitative estimate of drug-likeness (QED) is 0.0351. The van der Waals surface area contributed by atoms with Crippen LogP contribution in [0.25, 0.3) is 0 Å². The lowest BCUT2D eigenvalue weighted by atomic mass is 9.94. The predicted octanol–water partition coefficient (Wildman–Crippen LogP) is 13.8. The van der Waals surface area contributed by atoms with Crippen LogP contribution in [0, 0.1) is 0 Å². The van der Waals surface area contributed by atoms with Crippen LogP contribution >= 0.6 is 0 Å². The second-order valence-electron chi connectivity index (χ2n) is 22.5. The SMILES string of the molecule is CCCCCCOC(=O)N(CCCCCCNC(=O)N(C(=NC1CCCCC1)ON=C1CCCC1)C1CCCCC1)C(=O)NCCCCCCNC(=O)N(C(=NC1CCCCC1)ON=C1CCCC1)C1CCCCC1. The molecule has 0 heterocycles. The van der Waals surface area contributed by atoms with E-state index in [0.29, 0.717) is 38.1 Å². The standard InChI is InChI=1S/C58H100N10O7/c1-2-3-4-29-46-73-58(72)66(45-28-8-7-27-44-61-55(71)68(52-40-19-12-20-41-52)57(63-48-32-15-10-16-33-48)75-65-50-36-23-24-37-50)53(69)59-42-25-5-6-26-43-60-54(70)67(51-38-17-11-18-39-51)56(62-47-30-13-9-14-31-47)74-64-49-34-21-22-35-49/h47-48,51-52H,2-46H2,1H3,(H,59,69)(H,60,70)(H,61,71). The summed E-state index contributed by atoms with van der Waals surface area (Å²) in [6.07, 6.45) is 39.3. The molecule has 6 aliphatic rings. The molecule has 0 atom stereocenters. The van der Waals surface area contributed by atoms with Gasteiger partial charge in [0.25, 0.3) is 0 Å². The molecular weight excluding hydrogens is 949 g/mol. The van der Waals surface area contributed by atoms with Crippen LogP contribution in [0.15, 0.2) is 20.3 Å². The Hall–Kier alpha value is -4.44. The molecule has 0 unspecified atom stereocenters. The van der Waals surface area contributed by atoms with Gasteiger partial charge in [-0.15, -0.1) is 0 Å². The molecule has 0 saturated heterocycles. The molecule has 6 rings (SSSR count). The highest BCUT2D eigenvalue weighted by atomic mass is 16.7. The molecule has 0 aromatic rings. The zero-order valence-corrected chi connectivity index (χ0v) is 46.6. The van der Waals surface area contributed by atoms with Gasteiger partial charge in [0.1, 0.15) is 0 Å². The summed E-state index contributed by atoms with van der Waals surface area (Å²) in [7, 11) is 0. The number of ether oxygens (including phenoxy) is 1. The first-order valence-electron chi connectivity index (χ1n) is 30.9. The summed E-state index contributed by atoms with van der Waals surface area (Å²) in [4.78, 5) is 82.2. The Morgan fingerprint density at radius 1 is 0.453 bits per heavy atom. The van der Waals surface area contributed by atoms with Gasteiger partial charge in [-0.3, -0.25) is 0 Å². The van der Waals surface area contributed by atoms with Crippen LogP contribution in [-0.2, 0) is 14.4 Å². The third kappa shape index (κ3) is 22.2. The number of nitrogens with zero attached hydrogens (tertiary/aromatic N) is 7. The molecule has 424 valence electrons. The number of urea groups is 3. The minimum absolute atomic E-state index is 0.0310. The van der Waals surface area contributed by atoms with Gasteiger partial charge in [-0.2, -0.15) is 0 Å². The monoisotopic (exact) mass is 1050 g/mol. The minimum Gasteiger partial charge on any atom is -0.449 e. The number of hydrogen-bond acceptors (Lipinski definition) is 11. The van der Waals surface area contributed by atoms with Crippen molar-refractivity contribution in [1.29, 1.82) is 0 Å². The van der Waals surface area contributed by atoms with E-state index >= 15 is 0 Å². The third-order valence-electron chi connectivity index (χ3n) is 16.3. The summed E-state index contributed by atoms with van der Waals surface area (Å²) in [5.74, 6) is 0. The smallest absolute Gasteiger partial charge is 0.417 e. The fraction of sp³-hybridized carbons (Fsp3) is 0.862. The van der Waals surface area contributed by atoms with Gasteiger partial charge < -0.3 is 30.4 Å². The van der Waals surface area contributed by atoms with Crippen LogP contribution < -0.4 is 16.0 Å². The van der Waals surface area contributed by atoms with Crippen LogP contribution in [0.1, 0.15) is 264 Å². The number of nitrogens with one attached hydrogen (secondary N) is 3. The lowest BCUT2D eigenvalue weighted by molar-refractivity contribution is 0.107. The number of amidine groups is 2. The second kappa shape index (κ2) is 35.8.